The molecule has 132 valence electrons. The van der Waals surface area contributed by atoms with Gasteiger partial charge in [-0.1, -0.05) is 6.07 Å². The molecule has 1 N–H and O–H groups in total. The van der Waals surface area contributed by atoms with Gasteiger partial charge < -0.3 is 10.2 Å². The first-order valence-corrected chi connectivity index (χ1v) is 7.47. The van der Waals surface area contributed by atoms with Gasteiger partial charge >= 0.3 is 0 Å². The predicted octanol–water partition coefficient (Wildman–Crippen LogP) is 2.56. The summed E-state index contributed by atoms with van der Waals surface area (Å²) in [7, 11) is 0. The van der Waals surface area contributed by atoms with Crippen molar-refractivity contribution >= 4 is 17.5 Å². The van der Waals surface area contributed by atoms with E-state index < -0.39 is 29.0 Å². The maximum Gasteiger partial charge on any atom is 0.223 e. The zero-order valence-corrected chi connectivity index (χ0v) is 13.4. The van der Waals surface area contributed by atoms with Crippen molar-refractivity contribution in [3.8, 4) is 0 Å². The van der Waals surface area contributed by atoms with Gasteiger partial charge in [-0.25, -0.2) is 13.2 Å². The van der Waals surface area contributed by atoms with E-state index in [0.29, 0.717) is 0 Å². The normalized spacial score (nSPS) is 10.4. The maximum absolute atomic E-state index is 13.9. The van der Waals surface area contributed by atoms with E-state index in [1.165, 1.54) is 0 Å². The second-order valence-corrected chi connectivity index (χ2v) is 5.25. The molecule has 0 aliphatic heterocycles. The number of amides is 2. The quantitative estimate of drug-likeness (QED) is 0.814. The fourth-order valence-electron chi connectivity index (χ4n) is 2.18. The first-order chi connectivity index (χ1) is 11.9. The largest absolute Gasteiger partial charge is 0.352 e. The van der Waals surface area contributed by atoms with Crippen molar-refractivity contribution < 1.29 is 22.8 Å². The first-order valence-electron chi connectivity index (χ1n) is 7.47. The number of nitrogens with zero attached hydrogens (tertiary/aromatic N) is 2. The molecule has 0 radical (unpaired) electrons. The molecule has 0 aliphatic rings. The Balaban J connectivity index is 1.99. The molecule has 0 saturated heterocycles. The van der Waals surface area contributed by atoms with Crippen LogP contribution >= 0.6 is 0 Å². The smallest absolute Gasteiger partial charge is 0.223 e. The zero-order valence-electron chi connectivity index (χ0n) is 13.4. The lowest BCUT2D eigenvalue weighted by atomic mass is 10.2. The molecule has 0 aliphatic carbocycles. The van der Waals surface area contributed by atoms with Crippen molar-refractivity contribution in [2.45, 2.75) is 19.9 Å². The van der Waals surface area contributed by atoms with Crippen LogP contribution in [0.15, 0.2) is 36.7 Å². The van der Waals surface area contributed by atoms with Crippen LogP contribution in [0.25, 0.3) is 0 Å². The van der Waals surface area contributed by atoms with Crippen LogP contribution in [-0.2, 0) is 16.1 Å². The number of pyridine rings is 1. The summed E-state index contributed by atoms with van der Waals surface area (Å²) < 4.78 is 40.2. The topological polar surface area (TPSA) is 62.3 Å². The van der Waals surface area contributed by atoms with Crippen LogP contribution in [0, 0.1) is 17.5 Å². The predicted molar refractivity (Wildman–Crippen MR) is 85.0 cm³/mol. The number of anilines is 1. The van der Waals surface area contributed by atoms with Crippen LogP contribution < -0.4 is 10.2 Å². The van der Waals surface area contributed by atoms with Gasteiger partial charge in [-0.05, 0) is 23.8 Å². The summed E-state index contributed by atoms with van der Waals surface area (Å²) in [5.74, 6) is -5.45. The van der Waals surface area contributed by atoms with Gasteiger partial charge in [-0.2, -0.15) is 0 Å². The maximum atomic E-state index is 13.9. The van der Waals surface area contributed by atoms with Gasteiger partial charge in [0.2, 0.25) is 11.8 Å². The highest BCUT2D eigenvalue weighted by molar-refractivity contribution is 5.92. The van der Waals surface area contributed by atoms with Crippen LogP contribution in [0.3, 0.4) is 0 Å². The van der Waals surface area contributed by atoms with Crippen LogP contribution in [0.5, 0.6) is 0 Å². The number of hydrogen-bond acceptors (Lipinski definition) is 3. The van der Waals surface area contributed by atoms with Gasteiger partial charge in [-0.15, -0.1) is 0 Å². The van der Waals surface area contributed by atoms with Crippen LogP contribution in [0.2, 0.25) is 0 Å². The number of benzene rings is 1. The lowest BCUT2D eigenvalue weighted by Crippen LogP contribution is -2.34. The number of nitrogens with one attached hydrogen (secondary N) is 1. The third-order valence-electron chi connectivity index (χ3n) is 3.46. The van der Waals surface area contributed by atoms with Gasteiger partial charge in [0.05, 0.1) is 5.69 Å². The number of halogens is 3. The second kappa shape index (κ2) is 8.27. The second-order valence-electron chi connectivity index (χ2n) is 5.25. The summed E-state index contributed by atoms with van der Waals surface area (Å²) in [5.41, 5.74) is 0.386. The number of hydrogen-bond donors (Lipinski definition) is 1. The van der Waals surface area contributed by atoms with E-state index in [9.17, 15) is 22.8 Å². The third kappa shape index (κ3) is 4.79. The minimum Gasteiger partial charge on any atom is -0.352 e. The molecule has 1 aromatic heterocycles. The van der Waals surface area contributed by atoms with Crippen LogP contribution in [-0.4, -0.2) is 23.3 Å². The molecule has 0 atom stereocenters. The Labute approximate surface area is 142 Å². The average molecular weight is 351 g/mol. The summed E-state index contributed by atoms with van der Waals surface area (Å²) in [6, 6.07) is 5.20. The Bertz CT molecular complexity index is 769. The van der Waals surface area contributed by atoms with Gasteiger partial charge in [-0.3, -0.25) is 14.6 Å². The lowest BCUT2D eigenvalue weighted by Gasteiger charge is -2.21. The number of rotatable bonds is 6. The summed E-state index contributed by atoms with van der Waals surface area (Å²) in [6.07, 6.45) is 3.07. The summed E-state index contributed by atoms with van der Waals surface area (Å²) in [6.45, 7) is 1.23. The minimum absolute atomic E-state index is 0.127. The molecule has 0 spiro atoms. The highest BCUT2D eigenvalue weighted by Crippen LogP contribution is 2.24. The monoisotopic (exact) mass is 351 g/mol. The minimum atomic E-state index is -1.66. The SMILES string of the molecule is CC(=O)N(CCC(=O)NCc1cccnc1)c1ccc(F)c(F)c1F. The molecule has 1 heterocycles. The number of aromatic nitrogens is 1. The molecule has 2 rings (SSSR count). The molecule has 0 bridgehead atoms. The van der Waals surface area contributed by atoms with E-state index in [-0.39, 0.29) is 25.4 Å². The Hall–Kier alpha value is -2.90. The highest BCUT2D eigenvalue weighted by Gasteiger charge is 2.21. The number of carbonyl (C=O) groups excluding carboxylic acids is 2. The first kappa shape index (κ1) is 18.4. The van der Waals surface area contributed by atoms with E-state index >= 15 is 0 Å². The molecular formula is C17H16F3N3O2. The van der Waals surface area contributed by atoms with Gasteiger partial charge in [0.1, 0.15) is 0 Å². The fourth-order valence-corrected chi connectivity index (χ4v) is 2.18. The van der Waals surface area contributed by atoms with Crippen molar-refractivity contribution in [2.75, 3.05) is 11.4 Å². The van der Waals surface area contributed by atoms with Crippen molar-refractivity contribution in [3.05, 3.63) is 59.7 Å². The molecule has 0 saturated carbocycles. The van der Waals surface area contributed by atoms with E-state index in [4.69, 9.17) is 0 Å². The van der Waals surface area contributed by atoms with E-state index in [1.54, 1.807) is 24.5 Å². The Morgan fingerprint density at radius 1 is 1.16 bits per heavy atom. The van der Waals surface area contributed by atoms with Gasteiger partial charge in [0, 0.05) is 38.8 Å². The van der Waals surface area contributed by atoms with Crippen molar-refractivity contribution in [1.82, 2.24) is 10.3 Å². The van der Waals surface area contributed by atoms with Crippen molar-refractivity contribution in [2.24, 2.45) is 0 Å². The van der Waals surface area contributed by atoms with E-state index in [1.807, 2.05) is 0 Å². The molecule has 25 heavy (non-hydrogen) atoms. The fraction of sp³-hybridized carbons (Fsp3) is 0.235. The molecular weight excluding hydrogens is 335 g/mol. The molecule has 2 amide bonds. The summed E-state index contributed by atoms with van der Waals surface area (Å²) in [4.78, 5) is 28.4. The van der Waals surface area contributed by atoms with E-state index in [0.717, 1.165) is 29.5 Å². The van der Waals surface area contributed by atoms with Gasteiger partial charge in [0.15, 0.2) is 17.5 Å². The van der Waals surface area contributed by atoms with Crippen LogP contribution in [0.4, 0.5) is 18.9 Å². The lowest BCUT2D eigenvalue weighted by molar-refractivity contribution is -0.121. The van der Waals surface area contributed by atoms with Crippen molar-refractivity contribution in [1.29, 1.82) is 0 Å². The Morgan fingerprint density at radius 3 is 2.56 bits per heavy atom. The highest BCUT2D eigenvalue weighted by atomic mass is 19.2. The molecule has 1 aromatic carbocycles. The van der Waals surface area contributed by atoms with Crippen LogP contribution in [0.1, 0.15) is 18.9 Å². The van der Waals surface area contributed by atoms with Crippen molar-refractivity contribution in [3.63, 3.8) is 0 Å². The average Bonchev–Trinajstić information content (AvgIpc) is 2.60. The Morgan fingerprint density at radius 2 is 1.92 bits per heavy atom. The standard InChI is InChI=1S/C17H16F3N3O2/c1-11(24)23(14-5-4-13(18)16(19)17(14)20)8-6-15(25)22-10-12-3-2-7-21-9-12/h2-5,7,9H,6,8,10H2,1H3,(H,22,25). The summed E-state index contributed by atoms with van der Waals surface area (Å²) >= 11 is 0. The summed E-state index contributed by atoms with van der Waals surface area (Å²) in [5, 5.41) is 2.64. The Kier molecular flexibility index (Phi) is 6.10. The molecule has 2 aromatic rings. The number of carbonyl (C=O) groups is 2. The molecule has 0 fully saturated rings. The molecule has 5 nitrogen and oxygen atoms in total. The van der Waals surface area contributed by atoms with Gasteiger partial charge in [0.25, 0.3) is 0 Å². The molecule has 8 heteroatoms. The molecule has 0 unspecified atom stereocenters. The zero-order chi connectivity index (χ0) is 18.4. The third-order valence-corrected chi connectivity index (χ3v) is 3.46. The van der Waals surface area contributed by atoms with E-state index in [2.05, 4.69) is 10.3 Å².